The molecule has 0 radical (unpaired) electrons. The maximum atomic E-state index is 13.3. The van der Waals surface area contributed by atoms with Crippen molar-refractivity contribution in [2.75, 3.05) is 37.6 Å². The molecule has 2 aromatic rings. The van der Waals surface area contributed by atoms with E-state index in [0.29, 0.717) is 53.3 Å². The number of nitrogens with zero attached hydrogens (tertiary/aromatic N) is 1. The van der Waals surface area contributed by atoms with Gasteiger partial charge in [0.25, 0.3) is 5.91 Å². The molecule has 7 nitrogen and oxygen atoms in total. The van der Waals surface area contributed by atoms with E-state index in [0.717, 1.165) is 6.42 Å². The zero-order chi connectivity index (χ0) is 23.5. The summed E-state index contributed by atoms with van der Waals surface area (Å²) >= 11 is 0. The van der Waals surface area contributed by atoms with Gasteiger partial charge >= 0.3 is 0 Å². The summed E-state index contributed by atoms with van der Waals surface area (Å²) in [6.45, 7) is 8.90. The van der Waals surface area contributed by atoms with Crippen LogP contribution < -0.4 is 24.4 Å². The Balaban J connectivity index is 1.96. The number of hydrogen-bond donors (Lipinski definition) is 1. The zero-order valence-electron chi connectivity index (χ0n) is 19.7. The highest BCUT2D eigenvalue weighted by atomic mass is 16.5. The van der Waals surface area contributed by atoms with Crippen molar-refractivity contribution in [1.29, 1.82) is 0 Å². The third-order valence-corrected chi connectivity index (χ3v) is 5.51. The summed E-state index contributed by atoms with van der Waals surface area (Å²) in [6, 6.07) is 10.5. The van der Waals surface area contributed by atoms with E-state index in [2.05, 4.69) is 19.2 Å². The summed E-state index contributed by atoms with van der Waals surface area (Å²) in [4.78, 5) is 28.2. The lowest BCUT2D eigenvalue weighted by molar-refractivity contribution is -0.127. The first-order valence-corrected chi connectivity index (χ1v) is 10.8. The van der Waals surface area contributed by atoms with Crippen LogP contribution in [0.4, 0.5) is 11.4 Å². The molecular formula is C25H32N2O5. The molecule has 1 aliphatic rings. The number of benzene rings is 2. The number of amides is 2. The Labute approximate surface area is 189 Å². The fourth-order valence-electron chi connectivity index (χ4n) is 3.60. The molecule has 0 aliphatic carbocycles. The summed E-state index contributed by atoms with van der Waals surface area (Å²) in [5.74, 6) is 1.53. The van der Waals surface area contributed by atoms with E-state index < -0.39 is 5.41 Å². The van der Waals surface area contributed by atoms with Crippen LogP contribution in [0.2, 0.25) is 0 Å². The number of carbonyl (C=O) groups is 2. The van der Waals surface area contributed by atoms with Crippen molar-refractivity contribution in [1.82, 2.24) is 0 Å². The lowest BCUT2D eigenvalue weighted by Crippen LogP contribution is -2.42. The van der Waals surface area contributed by atoms with Gasteiger partial charge in [0.1, 0.15) is 29.4 Å². The molecule has 0 bridgehead atoms. The topological polar surface area (TPSA) is 77.1 Å². The van der Waals surface area contributed by atoms with Crippen LogP contribution in [0.15, 0.2) is 36.4 Å². The molecule has 0 spiro atoms. The summed E-state index contributed by atoms with van der Waals surface area (Å²) in [5.41, 5.74) is 0.862. The van der Waals surface area contributed by atoms with E-state index in [4.69, 9.17) is 14.2 Å². The molecule has 0 aromatic heterocycles. The van der Waals surface area contributed by atoms with Crippen molar-refractivity contribution in [2.45, 2.75) is 34.1 Å². The molecule has 3 rings (SSSR count). The van der Waals surface area contributed by atoms with Crippen molar-refractivity contribution in [3.05, 3.63) is 42.0 Å². The number of nitrogens with one attached hydrogen (secondary N) is 1. The van der Waals surface area contributed by atoms with Gasteiger partial charge < -0.3 is 24.4 Å². The van der Waals surface area contributed by atoms with Gasteiger partial charge in [0.15, 0.2) is 0 Å². The maximum absolute atomic E-state index is 13.3. The van der Waals surface area contributed by atoms with Crippen molar-refractivity contribution < 1.29 is 23.8 Å². The highest BCUT2D eigenvalue weighted by Gasteiger charge is 2.37. The molecule has 172 valence electrons. The summed E-state index contributed by atoms with van der Waals surface area (Å²) < 4.78 is 16.7. The summed E-state index contributed by atoms with van der Waals surface area (Å²) in [5, 5.41) is 2.91. The monoisotopic (exact) mass is 440 g/mol. The molecule has 0 unspecified atom stereocenters. The molecule has 2 amide bonds. The van der Waals surface area contributed by atoms with Gasteiger partial charge in [-0.15, -0.1) is 0 Å². The van der Waals surface area contributed by atoms with Crippen LogP contribution >= 0.6 is 0 Å². The first-order chi connectivity index (χ1) is 15.2. The molecule has 7 heteroatoms. The smallest absolute Gasteiger partial charge is 0.263 e. The van der Waals surface area contributed by atoms with Gasteiger partial charge in [-0.1, -0.05) is 19.9 Å². The second kappa shape index (κ2) is 9.51. The van der Waals surface area contributed by atoms with E-state index in [1.54, 1.807) is 41.3 Å². The van der Waals surface area contributed by atoms with Gasteiger partial charge in [0.2, 0.25) is 5.91 Å². The fourth-order valence-corrected chi connectivity index (χ4v) is 3.60. The third-order valence-electron chi connectivity index (χ3n) is 5.51. The Morgan fingerprint density at radius 1 is 1.16 bits per heavy atom. The number of rotatable bonds is 7. The quantitative estimate of drug-likeness (QED) is 0.672. The molecule has 1 heterocycles. The second-order valence-electron chi connectivity index (χ2n) is 8.99. The number of anilines is 2. The average molecular weight is 441 g/mol. The Kier molecular flexibility index (Phi) is 6.96. The normalized spacial score (nSPS) is 15.0. The highest BCUT2D eigenvalue weighted by Crippen LogP contribution is 2.39. The molecule has 2 aromatic carbocycles. The minimum absolute atomic E-state index is 0.00627. The number of fused-ring (bicyclic) bond motifs is 1. The minimum Gasteiger partial charge on any atom is -0.496 e. The zero-order valence-corrected chi connectivity index (χ0v) is 19.7. The SMILES string of the molecule is COc1cccc(OC)c1C(=O)Nc1ccc2c(c1)N(CCC(C)C)C(=O)C(C)(C)CO2. The first kappa shape index (κ1) is 23.4. The third kappa shape index (κ3) is 4.82. The van der Waals surface area contributed by atoms with Crippen molar-refractivity contribution >= 4 is 23.2 Å². The van der Waals surface area contributed by atoms with Crippen molar-refractivity contribution in [3.63, 3.8) is 0 Å². The van der Waals surface area contributed by atoms with E-state index in [1.807, 2.05) is 13.8 Å². The number of carbonyl (C=O) groups excluding carboxylic acids is 2. The van der Waals surface area contributed by atoms with Crippen LogP contribution in [-0.4, -0.2) is 39.2 Å². The predicted octanol–water partition coefficient (Wildman–Crippen LogP) is 4.75. The molecular weight excluding hydrogens is 408 g/mol. The van der Waals surface area contributed by atoms with Crippen molar-refractivity contribution in [2.24, 2.45) is 11.3 Å². The molecule has 0 fully saturated rings. The lowest BCUT2D eigenvalue weighted by Gasteiger charge is -2.28. The molecule has 0 saturated heterocycles. The predicted molar refractivity (Wildman–Crippen MR) is 125 cm³/mol. The van der Waals surface area contributed by atoms with Crippen LogP contribution in [0.25, 0.3) is 0 Å². The van der Waals surface area contributed by atoms with Crippen LogP contribution in [0.3, 0.4) is 0 Å². The van der Waals surface area contributed by atoms with E-state index >= 15 is 0 Å². The Morgan fingerprint density at radius 2 is 1.81 bits per heavy atom. The van der Waals surface area contributed by atoms with Gasteiger partial charge in [-0.05, 0) is 56.5 Å². The molecule has 0 saturated carbocycles. The molecule has 1 N–H and O–H groups in total. The van der Waals surface area contributed by atoms with Gasteiger partial charge in [-0.3, -0.25) is 9.59 Å². The van der Waals surface area contributed by atoms with Gasteiger partial charge in [0, 0.05) is 12.2 Å². The lowest BCUT2D eigenvalue weighted by atomic mass is 9.92. The summed E-state index contributed by atoms with van der Waals surface area (Å²) in [6.07, 6.45) is 0.857. The number of methoxy groups -OCH3 is 2. The standard InChI is InChI=1S/C25H32N2O5/c1-16(2)12-13-27-18-14-17(10-11-19(18)32-15-25(3,4)24(27)29)26-23(28)22-20(30-5)8-7-9-21(22)31-6/h7-11,14,16H,12-13,15H2,1-6H3,(H,26,28). The van der Waals surface area contributed by atoms with Crippen LogP contribution in [-0.2, 0) is 4.79 Å². The number of hydrogen-bond acceptors (Lipinski definition) is 5. The Bertz CT molecular complexity index is 978. The highest BCUT2D eigenvalue weighted by molar-refractivity contribution is 6.09. The second-order valence-corrected chi connectivity index (χ2v) is 8.99. The molecule has 0 atom stereocenters. The maximum Gasteiger partial charge on any atom is 0.263 e. The van der Waals surface area contributed by atoms with E-state index in [9.17, 15) is 9.59 Å². The van der Waals surface area contributed by atoms with Crippen LogP contribution in [0.1, 0.15) is 44.5 Å². The average Bonchev–Trinajstić information content (AvgIpc) is 2.85. The van der Waals surface area contributed by atoms with Gasteiger partial charge in [0.05, 0.1) is 25.3 Å². The van der Waals surface area contributed by atoms with Crippen LogP contribution in [0.5, 0.6) is 17.2 Å². The fraction of sp³-hybridized carbons (Fsp3) is 0.440. The largest absolute Gasteiger partial charge is 0.496 e. The molecule has 32 heavy (non-hydrogen) atoms. The van der Waals surface area contributed by atoms with Crippen LogP contribution in [0, 0.1) is 11.3 Å². The Hall–Kier alpha value is -3.22. The minimum atomic E-state index is -0.649. The first-order valence-electron chi connectivity index (χ1n) is 10.8. The van der Waals surface area contributed by atoms with E-state index in [-0.39, 0.29) is 11.8 Å². The summed E-state index contributed by atoms with van der Waals surface area (Å²) in [7, 11) is 3.01. The number of ether oxygens (including phenoxy) is 3. The van der Waals surface area contributed by atoms with Crippen molar-refractivity contribution in [3.8, 4) is 17.2 Å². The van der Waals surface area contributed by atoms with E-state index in [1.165, 1.54) is 14.2 Å². The van der Waals surface area contributed by atoms with Gasteiger partial charge in [-0.25, -0.2) is 0 Å². The van der Waals surface area contributed by atoms with Gasteiger partial charge in [-0.2, -0.15) is 0 Å². The Morgan fingerprint density at radius 3 is 2.41 bits per heavy atom. The molecule has 1 aliphatic heterocycles.